The van der Waals surface area contributed by atoms with E-state index in [9.17, 15) is 9.59 Å². The number of carbonyl (C=O) groups is 2. The number of esters is 1. The van der Waals surface area contributed by atoms with Gasteiger partial charge >= 0.3 is 5.97 Å². The van der Waals surface area contributed by atoms with E-state index in [0.717, 1.165) is 6.42 Å². The molecule has 1 aromatic rings. The summed E-state index contributed by atoms with van der Waals surface area (Å²) < 4.78 is 16.4. The fourth-order valence-electron chi connectivity index (χ4n) is 2.75. The lowest BCUT2D eigenvalue weighted by Crippen LogP contribution is -2.39. The van der Waals surface area contributed by atoms with Crippen LogP contribution >= 0.6 is 0 Å². The highest BCUT2D eigenvalue weighted by Gasteiger charge is 2.20. The summed E-state index contributed by atoms with van der Waals surface area (Å²) in [5, 5.41) is 0. The first kappa shape index (κ1) is 20.1. The van der Waals surface area contributed by atoms with Crippen LogP contribution in [0.5, 0.6) is 11.5 Å². The third-order valence-electron chi connectivity index (χ3n) is 3.83. The van der Waals surface area contributed by atoms with Crippen molar-refractivity contribution in [1.29, 1.82) is 0 Å². The van der Waals surface area contributed by atoms with Gasteiger partial charge in [-0.3, -0.25) is 4.79 Å². The minimum absolute atomic E-state index is 0.171. The summed E-state index contributed by atoms with van der Waals surface area (Å²) >= 11 is 0. The molecule has 0 unspecified atom stereocenters. The average molecular weight is 363 g/mol. The smallest absolute Gasteiger partial charge is 0.338 e. The maximum Gasteiger partial charge on any atom is 0.338 e. The lowest BCUT2D eigenvalue weighted by Gasteiger charge is -2.26. The van der Waals surface area contributed by atoms with Crippen molar-refractivity contribution in [2.75, 3.05) is 32.9 Å². The summed E-state index contributed by atoms with van der Waals surface area (Å²) in [6.45, 7) is 10.4. The van der Waals surface area contributed by atoms with E-state index in [4.69, 9.17) is 14.2 Å². The highest BCUT2D eigenvalue weighted by atomic mass is 16.5. The van der Waals surface area contributed by atoms with Crippen molar-refractivity contribution in [3.8, 4) is 11.5 Å². The van der Waals surface area contributed by atoms with Crippen LogP contribution < -0.4 is 9.47 Å². The fraction of sp³-hybridized carbons (Fsp3) is 0.600. The van der Waals surface area contributed by atoms with Gasteiger partial charge < -0.3 is 19.1 Å². The Morgan fingerprint density at radius 3 is 2.27 bits per heavy atom. The zero-order valence-electron chi connectivity index (χ0n) is 16.1. The van der Waals surface area contributed by atoms with Gasteiger partial charge in [-0.25, -0.2) is 4.79 Å². The Morgan fingerprint density at radius 2 is 1.65 bits per heavy atom. The zero-order chi connectivity index (χ0) is 19.1. The predicted molar refractivity (Wildman–Crippen MR) is 98.6 cm³/mol. The average Bonchev–Trinajstić information content (AvgIpc) is 2.82. The Balaban J connectivity index is 1.96. The number of fused-ring (bicyclic) bond motifs is 1. The number of nitrogens with zero attached hydrogens (tertiary/aromatic N) is 1. The molecule has 1 aliphatic rings. The second-order valence-corrected chi connectivity index (χ2v) is 7.37. The number of benzene rings is 1. The van der Waals surface area contributed by atoms with Crippen molar-refractivity contribution in [1.82, 2.24) is 4.90 Å². The van der Waals surface area contributed by atoms with Crippen molar-refractivity contribution >= 4 is 11.9 Å². The number of hydrogen-bond acceptors (Lipinski definition) is 5. The Morgan fingerprint density at radius 1 is 1.04 bits per heavy atom. The van der Waals surface area contributed by atoms with Crippen molar-refractivity contribution in [2.24, 2.45) is 11.8 Å². The van der Waals surface area contributed by atoms with E-state index in [-0.39, 0.29) is 12.5 Å². The second-order valence-electron chi connectivity index (χ2n) is 7.37. The molecule has 1 amide bonds. The Hall–Kier alpha value is -2.24. The number of carbonyl (C=O) groups excluding carboxylic acids is 2. The molecule has 1 aliphatic heterocycles. The molecule has 0 bridgehead atoms. The molecule has 2 rings (SSSR count). The molecule has 6 heteroatoms. The van der Waals surface area contributed by atoms with E-state index < -0.39 is 5.97 Å². The minimum Gasteiger partial charge on any atom is -0.490 e. The van der Waals surface area contributed by atoms with Crippen LogP contribution in [0.4, 0.5) is 0 Å². The predicted octanol–water partition coefficient (Wildman–Crippen LogP) is 3.15. The summed E-state index contributed by atoms with van der Waals surface area (Å²) in [4.78, 5) is 26.5. The lowest BCUT2D eigenvalue weighted by atomic mass is 10.1. The third kappa shape index (κ3) is 5.93. The molecule has 0 saturated heterocycles. The van der Waals surface area contributed by atoms with Gasteiger partial charge in [-0.05, 0) is 30.0 Å². The summed E-state index contributed by atoms with van der Waals surface area (Å²) in [6.07, 6.45) is 0.796. The molecule has 0 atom stereocenters. The van der Waals surface area contributed by atoms with E-state index in [0.29, 0.717) is 55.2 Å². The maximum atomic E-state index is 12.4. The van der Waals surface area contributed by atoms with E-state index in [2.05, 4.69) is 27.7 Å². The fourth-order valence-corrected chi connectivity index (χ4v) is 2.75. The van der Waals surface area contributed by atoms with Crippen LogP contribution in [-0.4, -0.2) is 49.7 Å². The van der Waals surface area contributed by atoms with Gasteiger partial charge in [-0.1, -0.05) is 27.7 Å². The number of rotatable bonds is 7. The second kappa shape index (κ2) is 9.46. The van der Waals surface area contributed by atoms with E-state index in [1.165, 1.54) is 0 Å². The van der Waals surface area contributed by atoms with Gasteiger partial charge in [-0.15, -0.1) is 0 Å². The van der Waals surface area contributed by atoms with Crippen LogP contribution in [0.15, 0.2) is 18.2 Å². The van der Waals surface area contributed by atoms with Gasteiger partial charge in [0.2, 0.25) is 0 Å². The first-order valence-electron chi connectivity index (χ1n) is 9.21. The monoisotopic (exact) mass is 363 g/mol. The molecule has 0 N–H and O–H groups in total. The van der Waals surface area contributed by atoms with Crippen LogP contribution in [0.25, 0.3) is 0 Å². The Bertz CT molecular complexity index is 617. The molecule has 1 aromatic carbocycles. The van der Waals surface area contributed by atoms with Crippen molar-refractivity contribution < 1.29 is 23.8 Å². The zero-order valence-corrected chi connectivity index (χ0v) is 16.1. The molecule has 6 nitrogen and oxygen atoms in total. The van der Waals surface area contributed by atoms with Crippen LogP contribution in [0.2, 0.25) is 0 Å². The van der Waals surface area contributed by atoms with Gasteiger partial charge in [0.1, 0.15) is 0 Å². The van der Waals surface area contributed by atoms with Gasteiger partial charge in [0.15, 0.2) is 18.1 Å². The molecule has 1 heterocycles. The molecule has 144 valence electrons. The van der Waals surface area contributed by atoms with Crippen LogP contribution in [-0.2, 0) is 9.53 Å². The maximum absolute atomic E-state index is 12.4. The third-order valence-corrected chi connectivity index (χ3v) is 3.83. The molecule has 0 radical (unpaired) electrons. The number of amides is 1. The standard InChI is InChI=1S/C20H29NO5/c1-14(2)11-21(12-15(3)4)19(22)13-26-20(23)16-6-7-17-18(10-16)25-9-5-8-24-17/h6-7,10,14-15H,5,8-9,11-13H2,1-4H3. The van der Waals surface area contributed by atoms with E-state index in [1.54, 1.807) is 23.1 Å². The summed E-state index contributed by atoms with van der Waals surface area (Å²) in [5.41, 5.74) is 0.348. The molecular formula is C20H29NO5. The molecule has 0 fully saturated rings. The van der Waals surface area contributed by atoms with Gasteiger partial charge in [0.25, 0.3) is 5.91 Å². The molecule has 0 spiro atoms. The number of ether oxygens (including phenoxy) is 3. The van der Waals surface area contributed by atoms with Crippen LogP contribution in [0, 0.1) is 11.8 Å². The molecule has 0 aliphatic carbocycles. The minimum atomic E-state index is -0.539. The quantitative estimate of drug-likeness (QED) is 0.696. The summed E-state index contributed by atoms with van der Waals surface area (Å²) in [7, 11) is 0. The largest absolute Gasteiger partial charge is 0.490 e. The topological polar surface area (TPSA) is 65.1 Å². The summed E-state index contributed by atoms with van der Waals surface area (Å²) in [6, 6.07) is 4.93. The molecule has 26 heavy (non-hydrogen) atoms. The van der Waals surface area contributed by atoms with Crippen LogP contribution in [0.3, 0.4) is 0 Å². The first-order valence-corrected chi connectivity index (χ1v) is 9.21. The van der Waals surface area contributed by atoms with Crippen LogP contribution in [0.1, 0.15) is 44.5 Å². The van der Waals surface area contributed by atoms with Crippen molar-refractivity contribution in [2.45, 2.75) is 34.1 Å². The Labute approximate surface area is 155 Å². The van der Waals surface area contributed by atoms with E-state index in [1.807, 2.05) is 0 Å². The molecule has 0 aromatic heterocycles. The Kier molecular flexibility index (Phi) is 7.30. The first-order chi connectivity index (χ1) is 12.4. The highest BCUT2D eigenvalue weighted by molar-refractivity contribution is 5.92. The van der Waals surface area contributed by atoms with E-state index >= 15 is 0 Å². The van der Waals surface area contributed by atoms with Gasteiger partial charge in [0.05, 0.1) is 18.8 Å². The lowest BCUT2D eigenvalue weighted by molar-refractivity contribution is -0.135. The molecular weight excluding hydrogens is 334 g/mol. The molecule has 0 saturated carbocycles. The SMILES string of the molecule is CC(C)CN(CC(C)C)C(=O)COC(=O)c1ccc2c(c1)OCCCO2. The normalized spacial score (nSPS) is 13.5. The number of hydrogen-bond donors (Lipinski definition) is 0. The summed E-state index contributed by atoms with van der Waals surface area (Å²) in [5.74, 6) is 1.16. The highest BCUT2D eigenvalue weighted by Crippen LogP contribution is 2.30. The van der Waals surface area contributed by atoms with Crippen molar-refractivity contribution in [3.63, 3.8) is 0 Å². The van der Waals surface area contributed by atoms with Gasteiger partial charge in [-0.2, -0.15) is 0 Å². The van der Waals surface area contributed by atoms with Gasteiger partial charge in [0, 0.05) is 19.5 Å². The van der Waals surface area contributed by atoms with Crippen molar-refractivity contribution in [3.05, 3.63) is 23.8 Å².